The third-order valence-corrected chi connectivity index (χ3v) is 18.5. The van der Waals surface area contributed by atoms with Gasteiger partial charge in [-0.3, -0.25) is 19.2 Å². The van der Waals surface area contributed by atoms with Gasteiger partial charge in [0, 0.05) is 82.3 Å². The predicted molar refractivity (Wildman–Crippen MR) is 526 cm³/mol. The Balaban J connectivity index is 0.000000153. The molecule has 31 heteroatoms. The van der Waals surface area contributed by atoms with E-state index in [1.54, 1.807) is 158 Å². The molecule has 0 unspecified atom stereocenters. The van der Waals surface area contributed by atoms with Crippen LogP contribution in [0.5, 0.6) is 63.5 Å². The van der Waals surface area contributed by atoms with Crippen molar-refractivity contribution >= 4 is 121 Å². The van der Waals surface area contributed by atoms with Gasteiger partial charge in [-0.1, -0.05) is 134 Å². The van der Waals surface area contributed by atoms with Gasteiger partial charge in [0.05, 0.1) is 5.02 Å². The van der Waals surface area contributed by atoms with E-state index in [-0.39, 0.29) is 35.9 Å². The molecule has 16 aromatic rings. The summed E-state index contributed by atoms with van der Waals surface area (Å²) in [5, 5.41) is 27.7. The van der Waals surface area contributed by atoms with E-state index >= 15 is 0 Å². The average Bonchev–Trinajstić information content (AvgIpc) is 0.849. The Kier molecular flexibility index (Phi) is 34.5. The van der Waals surface area contributed by atoms with E-state index < -0.39 is 0 Å². The Morgan fingerprint density at radius 2 is 0.748 bits per heavy atom. The SMILES string of the molecule is C=CC(=O)Nc1cccc(Nc2cc(Nc3ccc(OCc4cccc(F)c4)c(Cl)c3)ncn2)c1.C=CC(=O)Nc1cccc(Nc2cc(Oc3ccc(Oc4ccccc4)cc3)ncn2)c1.CC=CC(=O)c1cccc(Nc2cc(Nc3ccc(Oc4ccccc4)cc3)ncn2)c1.CN(C)C/C=C/C(=O)Nc1cccc(Nc2cc(Oc3ccc(Oc4ccccc4)cc3)ncn2)n1. The first-order chi connectivity index (χ1) is 65.9. The number of likely N-dealkylation sites (N-methyl/N-ethyl adjacent to an activating group) is 1. The zero-order valence-corrected chi connectivity index (χ0v) is 73.8. The molecule has 29 nitrogen and oxygen atoms in total. The normalized spacial score (nSPS) is 10.5. The highest BCUT2D eigenvalue weighted by atomic mass is 35.5. The van der Waals surface area contributed by atoms with E-state index in [0.29, 0.717) is 127 Å². The van der Waals surface area contributed by atoms with Crippen LogP contribution in [-0.4, -0.2) is 93.9 Å². The van der Waals surface area contributed by atoms with E-state index in [1.165, 1.54) is 55.7 Å². The molecule has 0 saturated carbocycles. The van der Waals surface area contributed by atoms with Crippen LogP contribution in [-0.2, 0) is 21.0 Å². The summed E-state index contributed by atoms with van der Waals surface area (Å²) in [7, 11) is 3.86. The van der Waals surface area contributed by atoms with Gasteiger partial charge in [-0.15, -0.1) is 0 Å². The third kappa shape index (κ3) is 31.9. The van der Waals surface area contributed by atoms with Crippen molar-refractivity contribution in [2.24, 2.45) is 0 Å². The summed E-state index contributed by atoms with van der Waals surface area (Å²) in [5.41, 5.74) is 6.41. The average molecular weight is 1820 g/mol. The largest absolute Gasteiger partial charge is 0.487 e. The number of ether oxygens (including phenoxy) is 6. The molecule has 674 valence electrons. The lowest BCUT2D eigenvalue weighted by Gasteiger charge is -2.12. The Labute approximate surface area is 782 Å². The van der Waals surface area contributed by atoms with Crippen molar-refractivity contribution in [3.63, 3.8) is 0 Å². The van der Waals surface area contributed by atoms with Crippen molar-refractivity contribution in [1.82, 2.24) is 49.8 Å². The van der Waals surface area contributed by atoms with Crippen LogP contribution in [0, 0.1) is 5.82 Å². The number of hydrogen-bond acceptors (Lipinski definition) is 26. The summed E-state index contributed by atoms with van der Waals surface area (Å²) in [6, 6.07) is 96.2. The number of allylic oxidation sites excluding steroid dienone is 2. The second-order valence-electron chi connectivity index (χ2n) is 28.8. The number of nitrogens with zero attached hydrogens (tertiary/aromatic N) is 10. The predicted octanol–water partition coefficient (Wildman–Crippen LogP) is 24.2. The Morgan fingerprint density at radius 1 is 0.356 bits per heavy atom. The first-order valence-electron chi connectivity index (χ1n) is 41.7. The number of aromatic nitrogens is 9. The molecule has 0 aliphatic rings. The number of benzene rings is 11. The number of para-hydroxylation sites is 3. The molecule has 0 atom stereocenters. The number of carbonyl (C=O) groups excluding carboxylic acids is 4. The summed E-state index contributed by atoms with van der Waals surface area (Å²) in [5.74, 6) is 10.1. The molecule has 0 saturated heterocycles. The number of amides is 3. The van der Waals surface area contributed by atoms with E-state index in [0.717, 1.165) is 45.7 Å². The zero-order valence-electron chi connectivity index (χ0n) is 73.0. The molecule has 0 aliphatic heterocycles. The van der Waals surface area contributed by atoms with Gasteiger partial charge in [0.15, 0.2) is 5.78 Å². The van der Waals surface area contributed by atoms with Crippen LogP contribution in [0.4, 0.5) is 90.7 Å². The molecule has 5 heterocycles. The lowest BCUT2D eigenvalue weighted by molar-refractivity contribution is -0.112. The Hall–Kier alpha value is -18.3. The van der Waals surface area contributed by atoms with Gasteiger partial charge >= 0.3 is 0 Å². The fourth-order valence-corrected chi connectivity index (χ4v) is 12.2. The van der Waals surface area contributed by atoms with Gasteiger partial charge < -0.3 is 81.2 Å². The number of carbonyl (C=O) groups is 4. The number of anilines is 15. The van der Waals surface area contributed by atoms with Gasteiger partial charge in [-0.05, 0) is 245 Å². The van der Waals surface area contributed by atoms with Crippen molar-refractivity contribution in [3.8, 4) is 63.5 Å². The Bertz CT molecular complexity index is 6720. The topological polar surface area (TPSA) is 351 Å². The molecule has 3 amide bonds. The maximum Gasteiger partial charge on any atom is 0.249 e. The van der Waals surface area contributed by atoms with Crippen LogP contribution in [0.25, 0.3) is 0 Å². The molecule has 16 rings (SSSR count). The standard InChI is InChI=1S/C27H26N6O3.C26H21ClFN5O2.C26H22N4O2.C25H20N4O3/c1-33(2)17-7-12-26(34)32-24-11-6-10-23(30-24)31-25-18-27(29-19-28-25)36-22-15-13-21(14-16-22)35-20-8-4-3-5-9-20;1-2-26(34)33-20-8-4-7-19(12-20)31-24-14-25(30-16-29-24)32-21-9-10-23(22(27)13-21)35-15-17-5-3-6-18(28)11-17;1-2-7-24(31)19-8-6-9-21(16-19)30-26-17-25(27-18-28-26)29-20-12-14-23(15-13-20)32-22-10-4-3-5-11-22;1-2-24(30)29-19-8-6-7-18(15-19)28-23-16-25(27-17-26-23)32-22-13-11-21(12-14-22)31-20-9-4-3-5-10-20/h3-16,18-19H,17H2,1-2H3,(H2,28,29,30,31,32,34);2-14,16H,1,15H2,(H,33,34)(H2,29,30,31,32);2-18H,1H3,(H2,27,28,29,30);2-17H,1H2,(H,29,30)(H,26,27,28)/b12-7+;;;. The molecule has 0 fully saturated rings. The number of rotatable bonds is 35. The van der Waals surface area contributed by atoms with Crippen LogP contribution in [0.2, 0.25) is 5.02 Å². The summed E-state index contributed by atoms with van der Waals surface area (Å²) in [6.45, 7) is 9.59. The van der Waals surface area contributed by atoms with Crippen molar-refractivity contribution in [2.45, 2.75) is 13.5 Å². The molecule has 0 aliphatic carbocycles. The summed E-state index contributed by atoms with van der Waals surface area (Å²) in [6.07, 6.45) is 14.7. The van der Waals surface area contributed by atoms with Crippen molar-refractivity contribution < 1.29 is 52.0 Å². The Morgan fingerprint density at radius 3 is 1.21 bits per heavy atom. The van der Waals surface area contributed by atoms with Crippen LogP contribution < -0.4 is 76.3 Å². The molecule has 0 radical (unpaired) electrons. The molecule has 5 aromatic heterocycles. The quantitative estimate of drug-likeness (QED) is 0.0132. The van der Waals surface area contributed by atoms with Crippen LogP contribution in [0.3, 0.4) is 0 Å². The third-order valence-electron chi connectivity index (χ3n) is 18.2. The lowest BCUT2D eigenvalue weighted by atomic mass is 10.1. The summed E-state index contributed by atoms with van der Waals surface area (Å²) < 4.78 is 48.2. The van der Waals surface area contributed by atoms with Gasteiger partial charge in [-0.25, -0.2) is 49.2 Å². The smallest absolute Gasteiger partial charge is 0.249 e. The molecule has 135 heavy (non-hydrogen) atoms. The van der Waals surface area contributed by atoms with Crippen LogP contribution >= 0.6 is 11.6 Å². The van der Waals surface area contributed by atoms with E-state index in [1.807, 2.05) is 196 Å². The summed E-state index contributed by atoms with van der Waals surface area (Å²) in [4.78, 5) is 87.3. The highest BCUT2D eigenvalue weighted by Crippen LogP contribution is 2.35. The van der Waals surface area contributed by atoms with Gasteiger partial charge in [0.1, 0.15) is 136 Å². The maximum atomic E-state index is 13.3. The van der Waals surface area contributed by atoms with Gasteiger partial charge in [-0.2, -0.15) is 0 Å². The number of ketones is 1. The molecule has 0 bridgehead atoms. The lowest BCUT2D eigenvalue weighted by Crippen LogP contribution is -2.13. The highest BCUT2D eigenvalue weighted by molar-refractivity contribution is 6.32. The molecular formula is C104H89ClFN19O10. The minimum Gasteiger partial charge on any atom is -0.487 e. The van der Waals surface area contributed by atoms with Crippen molar-refractivity contribution in [2.75, 3.05) is 68.5 Å². The second-order valence-corrected chi connectivity index (χ2v) is 29.3. The number of pyridine rings is 1. The van der Waals surface area contributed by atoms with Crippen LogP contribution in [0.15, 0.2) is 396 Å². The van der Waals surface area contributed by atoms with Gasteiger partial charge in [0.25, 0.3) is 0 Å². The van der Waals surface area contributed by atoms with Crippen molar-refractivity contribution in [3.05, 3.63) is 418 Å². The molecule has 9 N–H and O–H groups in total. The first kappa shape index (κ1) is 94.3. The number of hydrogen-bond donors (Lipinski definition) is 9. The molecular weight excluding hydrogens is 1730 g/mol. The monoisotopic (exact) mass is 1820 g/mol. The minimum absolute atomic E-state index is 0.0408. The van der Waals surface area contributed by atoms with Gasteiger partial charge in [0.2, 0.25) is 29.5 Å². The van der Waals surface area contributed by atoms with E-state index in [4.69, 9.17) is 40.0 Å². The summed E-state index contributed by atoms with van der Waals surface area (Å²) >= 11 is 6.37. The second kappa shape index (κ2) is 49.3. The minimum atomic E-state index is -0.317. The van der Waals surface area contributed by atoms with E-state index in [9.17, 15) is 23.6 Å². The molecule has 0 spiro atoms. The number of halogens is 2. The van der Waals surface area contributed by atoms with Crippen molar-refractivity contribution in [1.29, 1.82) is 0 Å². The first-order valence-corrected chi connectivity index (χ1v) is 42.1. The highest BCUT2D eigenvalue weighted by Gasteiger charge is 2.14. The molecule has 11 aromatic carbocycles. The van der Waals surface area contributed by atoms with E-state index in [2.05, 4.69) is 106 Å². The van der Waals surface area contributed by atoms with Crippen LogP contribution in [0.1, 0.15) is 22.8 Å². The zero-order chi connectivity index (χ0) is 94.1. The maximum absolute atomic E-state index is 13.3. The fraction of sp³-hybridized carbons (Fsp3) is 0.0481. The fourth-order valence-electron chi connectivity index (χ4n) is 12.0. The number of nitrogens with one attached hydrogen (secondary N) is 9.